The Labute approximate surface area is 240 Å². The van der Waals surface area contributed by atoms with E-state index in [4.69, 9.17) is 21.1 Å². The van der Waals surface area contributed by atoms with Crippen LogP contribution in [0.15, 0.2) is 70.0 Å². The number of rotatable bonds is 9. The van der Waals surface area contributed by atoms with Crippen molar-refractivity contribution in [3.8, 4) is 11.5 Å². The van der Waals surface area contributed by atoms with Crippen molar-refractivity contribution >= 4 is 73.8 Å². The lowest BCUT2D eigenvalue weighted by Crippen LogP contribution is -2.27. The molecule has 200 valence electrons. The predicted octanol–water partition coefficient (Wildman–Crippen LogP) is 6.27. The Bertz CT molecular complexity index is 1500. The summed E-state index contributed by atoms with van der Waals surface area (Å²) in [5.41, 5.74) is 1.60. The zero-order valence-corrected chi connectivity index (χ0v) is 23.3. The van der Waals surface area contributed by atoms with Crippen molar-refractivity contribution in [3.63, 3.8) is 0 Å². The maximum Gasteiger partial charge on any atom is 0.293 e. The maximum atomic E-state index is 12.9. The van der Waals surface area contributed by atoms with Gasteiger partial charge in [0, 0.05) is 22.3 Å². The molecule has 0 atom stereocenters. The number of methoxy groups -OCH3 is 1. The number of amides is 3. The van der Waals surface area contributed by atoms with Crippen molar-refractivity contribution in [2.45, 2.75) is 6.54 Å². The van der Waals surface area contributed by atoms with Crippen LogP contribution in [0.1, 0.15) is 11.1 Å². The number of benzene rings is 3. The van der Waals surface area contributed by atoms with Gasteiger partial charge < -0.3 is 14.8 Å². The van der Waals surface area contributed by atoms with E-state index < -0.39 is 22.0 Å². The molecule has 1 aliphatic rings. The van der Waals surface area contributed by atoms with E-state index in [0.29, 0.717) is 37.8 Å². The summed E-state index contributed by atoms with van der Waals surface area (Å²) >= 11 is 10.1. The van der Waals surface area contributed by atoms with Crippen LogP contribution < -0.4 is 14.8 Å². The van der Waals surface area contributed by atoms with Crippen molar-refractivity contribution < 1.29 is 28.8 Å². The third-order valence-electron chi connectivity index (χ3n) is 5.41. The Hall–Kier alpha value is -3.87. The monoisotopic (exact) mass is 631 g/mol. The number of thioether (sulfide) groups is 1. The molecule has 10 nitrogen and oxygen atoms in total. The molecule has 13 heteroatoms. The van der Waals surface area contributed by atoms with E-state index >= 15 is 0 Å². The second-order valence-corrected chi connectivity index (χ2v) is 10.3. The average Bonchev–Trinajstić information content (AvgIpc) is 3.17. The number of halogens is 2. The zero-order chi connectivity index (χ0) is 28.1. The molecule has 3 aromatic rings. The Balaban J connectivity index is 1.40. The van der Waals surface area contributed by atoms with Crippen LogP contribution in [0.2, 0.25) is 5.02 Å². The third kappa shape index (κ3) is 6.96. The summed E-state index contributed by atoms with van der Waals surface area (Å²) in [6.45, 7) is -0.296. The Morgan fingerprint density at radius 1 is 1.13 bits per heavy atom. The van der Waals surface area contributed by atoms with Crippen LogP contribution in [0.25, 0.3) is 6.08 Å². The van der Waals surface area contributed by atoms with Crippen LogP contribution in [-0.2, 0) is 16.1 Å². The summed E-state index contributed by atoms with van der Waals surface area (Å²) in [4.78, 5) is 49.3. The molecule has 1 N–H and O–H groups in total. The van der Waals surface area contributed by atoms with E-state index in [1.54, 1.807) is 42.5 Å². The van der Waals surface area contributed by atoms with Crippen LogP contribution in [0.4, 0.5) is 16.2 Å². The Morgan fingerprint density at radius 2 is 1.87 bits per heavy atom. The summed E-state index contributed by atoms with van der Waals surface area (Å²) in [7, 11) is 1.44. The zero-order valence-electron chi connectivity index (χ0n) is 20.2. The van der Waals surface area contributed by atoms with Gasteiger partial charge in [-0.3, -0.25) is 29.4 Å². The second kappa shape index (κ2) is 12.3. The maximum absolute atomic E-state index is 12.9. The number of hydrogen-bond acceptors (Lipinski definition) is 8. The second-order valence-electron chi connectivity index (χ2n) is 8.07. The molecule has 0 bridgehead atoms. The molecule has 0 unspecified atom stereocenters. The SMILES string of the molecule is COc1cc(/C=C2/SC(=O)N(Cc3ccc([N+](=O)[O-])cc3)C2=O)ccc1OCC(=O)Nc1ccc(Br)c(Cl)c1. The van der Waals surface area contributed by atoms with Crippen molar-refractivity contribution in [2.24, 2.45) is 0 Å². The minimum Gasteiger partial charge on any atom is -0.493 e. The molecule has 3 amide bonds. The molecule has 0 radical (unpaired) electrons. The summed E-state index contributed by atoms with van der Waals surface area (Å²) < 4.78 is 11.7. The Kier molecular flexibility index (Phi) is 8.90. The summed E-state index contributed by atoms with van der Waals surface area (Å²) in [5, 5.41) is 13.5. The van der Waals surface area contributed by atoms with Gasteiger partial charge in [-0.05, 0) is 75.2 Å². The molecular formula is C26H19BrClN3O7S. The number of carbonyl (C=O) groups is 3. The minimum absolute atomic E-state index is 0.00930. The van der Waals surface area contributed by atoms with Gasteiger partial charge >= 0.3 is 0 Å². The molecular weight excluding hydrogens is 614 g/mol. The number of nitro benzene ring substituents is 1. The lowest BCUT2D eigenvalue weighted by atomic mass is 10.1. The van der Waals surface area contributed by atoms with Gasteiger partial charge in [0.2, 0.25) is 0 Å². The molecule has 0 spiro atoms. The van der Waals surface area contributed by atoms with Gasteiger partial charge in [0.1, 0.15) is 0 Å². The minimum atomic E-state index is -0.521. The molecule has 3 aromatic carbocycles. The highest BCUT2D eigenvalue weighted by molar-refractivity contribution is 9.10. The van der Waals surface area contributed by atoms with Crippen molar-refractivity contribution in [1.29, 1.82) is 0 Å². The molecule has 4 rings (SSSR count). The number of hydrogen-bond donors (Lipinski definition) is 1. The van der Waals surface area contributed by atoms with Crippen LogP contribution in [0.5, 0.6) is 11.5 Å². The van der Waals surface area contributed by atoms with Crippen molar-refractivity contribution in [1.82, 2.24) is 4.90 Å². The van der Waals surface area contributed by atoms with Gasteiger partial charge in [-0.25, -0.2) is 0 Å². The fourth-order valence-corrected chi connectivity index (χ4v) is 4.77. The first kappa shape index (κ1) is 28.1. The van der Waals surface area contributed by atoms with E-state index in [-0.39, 0.29) is 23.7 Å². The molecule has 0 aromatic heterocycles. The van der Waals surface area contributed by atoms with Crippen LogP contribution in [0, 0.1) is 10.1 Å². The molecule has 39 heavy (non-hydrogen) atoms. The smallest absolute Gasteiger partial charge is 0.293 e. The number of ether oxygens (including phenoxy) is 2. The normalized spacial score (nSPS) is 14.0. The summed E-state index contributed by atoms with van der Waals surface area (Å²) in [6.07, 6.45) is 1.55. The summed E-state index contributed by atoms with van der Waals surface area (Å²) in [6, 6.07) is 15.5. The first-order chi connectivity index (χ1) is 18.6. The number of nitrogens with zero attached hydrogens (tertiary/aromatic N) is 2. The van der Waals surface area contributed by atoms with Gasteiger partial charge in [0.25, 0.3) is 22.7 Å². The van der Waals surface area contributed by atoms with E-state index in [2.05, 4.69) is 21.2 Å². The first-order valence-corrected chi connectivity index (χ1v) is 13.2. The topological polar surface area (TPSA) is 128 Å². The standard InChI is InChI=1S/C26H19BrClN3O7S/c1-37-22-10-16(4-9-21(22)38-14-24(32)29-17-5-8-19(27)20(28)12-17)11-23-25(33)30(26(34)39-23)13-15-2-6-18(7-3-15)31(35)36/h2-12H,13-14H2,1H3,(H,29,32)/b23-11+. The molecule has 1 saturated heterocycles. The van der Waals surface area contributed by atoms with Gasteiger partial charge in [-0.15, -0.1) is 0 Å². The van der Waals surface area contributed by atoms with Gasteiger partial charge in [-0.2, -0.15) is 0 Å². The van der Waals surface area contributed by atoms with E-state index in [1.807, 2.05) is 0 Å². The number of non-ortho nitro benzene ring substituents is 1. The summed E-state index contributed by atoms with van der Waals surface area (Å²) in [5.74, 6) is -0.244. The number of imide groups is 1. The fourth-order valence-electron chi connectivity index (χ4n) is 3.50. The number of nitro groups is 1. The lowest BCUT2D eigenvalue weighted by Gasteiger charge is -2.12. The molecule has 1 aliphatic heterocycles. The highest BCUT2D eigenvalue weighted by atomic mass is 79.9. The lowest BCUT2D eigenvalue weighted by molar-refractivity contribution is -0.384. The number of anilines is 1. The quantitative estimate of drug-likeness (QED) is 0.166. The molecule has 0 saturated carbocycles. The largest absolute Gasteiger partial charge is 0.493 e. The highest BCUT2D eigenvalue weighted by Crippen LogP contribution is 2.35. The van der Waals surface area contributed by atoms with Gasteiger partial charge in [0.15, 0.2) is 18.1 Å². The van der Waals surface area contributed by atoms with Crippen molar-refractivity contribution in [2.75, 3.05) is 19.0 Å². The van der Waals surface area contributed by atoms with E-state index in [1.165, 1.54) is 31.4 Å². The molecule has 0 aliphatic carbocycles. The van der Waals surface area contributed by atoms with Crippen molar-refractivity contribution in [3.05, 3.63) is 96.3 Å². The van der Waals surface area contributed by atoms with Crippen LogP contribution in [0.3, 0.4) is 0 Å². The highest BCUT2D eigenvalue weighted by Gasteiger charge is 2.35. The third-order valence-corrected chi connectivity index (χ3v) is 7.55. The average molecular weight is 633 g/mol. The van der Waals surface area contributed by atoms with Crippen LogP contribution in [-0.4, -0.2) is 40.6 Å². The fraction of sp³-hybridized carbons (Fsp3) is 0.115. The number of carbonyl (C=O) groups excluding carboxylic acids is 3. The first-order valence-electron chi connectivity index (χ1n) is 11.2. The van der Waals surface area contributed by atoms with Gasteiger partial charge in [-0.1, -0.05) is 29.8 Å². The molecule has 1 fully saturated rings. The van der Waals surface area contributed by atoms with E-state index in [9.17, 15) is 24.5 Å². The Morgan fingerprint density at radius 3 is 2.54 bits per heavy atom. The van der Waals surface area contributed by atoms with E-state index in [0.717, 1.165) is 16.7 Å². The molecule has 1 heterocycles. The predicted molar refractivity (Wildman–Crippen MR) is 151 cm³/mol. The number of nitrogens with one attached hydrogen (secondary N) is 1. The van der Waals surface area contributed by atoms with Crippen LogP contribution >= 0.6 is 39.3 Å². The van der Waals surface area contributed by atoms with Gasteiger partial charge in [0.05, 0.1) is 28.5 Å².